The van der Waals surface area contributed by atoms with E-state index in [2.05, 4.69) is 10.1 Å². The summed E-state index contributed by atoms with van der Waals surface area (Å²) < 4.78 is 31.2. The van der Waals surface area contributed by atoms with E-state index < -0.39 is 29.1 Å². The van der Waals surface area contributed by atoms with Gasteiger partial charge in [0.1, 0.15) is 23.5 Å². The van der Waals surface area contributed by atoms with Gasteiger partial charge in [-0.05, 0) is 36.5 Å². The average molecular weight is 404 g/mol. The van der Waals surface area contributed by atoms with E-state index in [1.165, 1.54) is 12.1 Å². The normalized spacial score (nSPS) is 13.3. The molecule has 0 aliphatic rings. The summed E-state index contributed by atoms with van der Waals surface area (Å²) in [5.41, 5.74) is 5.28. The Morgan fingerprint density at radius 1 is 1.26 bits per heavy atom. The molecule has 2 unspecified atom stereocenters. The van der Waals surface area contributed by atoms with Crippen LogP contribution in [0.25, 0.3) is 0 Å². The van der Waals surface area contributed by atoms with Crippen molar-refractivity contribution in [1.82, 2.24) is 5.32 Å². The molecular weight excluding hydrogens is 378 g/mol. The highest BCUT2D eigenvalue weighted by Gasteiger charge is 2.27. The SMILES string of the molecule is CC(C)CNC(=O)C(SCCOC(N)=O)C(O)CCc1cc(F)cc(F)c1. The Bertz CT molecular complexity index is 611. The van der Waals surface area contributed by atoms with E-state index in [0.717, 1.165) is 17.8 Å². The second-order valence-electron chi connectivity index (χ2n) is 6.48. The molecule has 0 aromatic heterocycles. The maximum absolute atomic E-state index is 13.3. The number of thioether (sulfide) groups is 1. The van der Waals surface area contributed by atoms with Crippen molar-refractivity contribution >= 4 is 23.8 Å². The van der Waals surface area contributed by atoms with Crippen LogP contribution in [0.15, 0.2) is 18.2 Å². The molecule has 0 saturated heterocycles. The maximum Gasteiger partial charge on any atom is 0.404 e. The molecule has 2 atom stereocenters. The monoisotopic (exact) mass is 404 g/mol. The van der Waals surface area contributed by atoms with Gasteiger partial charge >= 0.3 is 6.09 Å². The molecule has 0 radical (unpaired) electrons. The first-order valence-corrected chi connectivity index (χ1v) is 9.68. The van der Waals surface area contributed by atoms with Gasteiger partial charge in [-0.25, -0.2) is 13.6 Å². The molecule has 1 aromatic carbocycles. The van der Waals surface area contributed by atoms with E-state index in [9.17, 15) is 23.5 Å². The summed E-state index contributed by atoms with van der Waals surface area (Å²) in [7, 11) is 0. The van der Waals surface area contributed by atoms with E-state index in [0.29, 0.717) is 12.1 Å². The van der Waals surface area contributed by atoms with Crippen molar-refractivity contribution in [2.75, 3.05) is 18.9 Å². The number of ether oxygens (including phenoxy) is 1. The third-order valence-corrected chi connectivity index (χ3v) is 4.86. The van der Waals surface area contributed by atoms with Gasteiger partial charge in [-0.3, -0.25) is 4.79 Å². The fourth-order valence-corrected chi connectivity index (χ4v) is 3.33. The first kappa shape index (κ1) is 23.2. The molecule has 0 bridgehead atoms. The molecule has 2 amide bonds. The Morgan fingerprint density at radius 2 is 1.89 bits per heavy atom. The summed E-state index contributed by atoms with van der Waals surface area (Å²) in [5.74, 6) is -1.21. The van der Waals surface area contributed by atoms with Gasteiger partial charge in [-0.2, -0.15) is 0 Å². The zero-order valence-electron chi connectivity index (χ0n) is 15.4. The summed E-state index contributed by atoms with van der Waals surface area (Å²) >= 11 is 1.13. The number of hydrogen-bond donors (Lipinski definition) is 3. The van der Waals surface area contributed by atoms with E-state index in [4.69, 9.17) is 5.73 Å². The lowest BCUT2D eigenvalue weighted by atomic mass is 10.0. The Hall–Kier alpha value is -1.87. The number of nitrogens with two attached hydrogens (primary N) is 1. The van der Waals surface area contributed by atoms with Crippen LogP contribution in [-0.4, -0.2) is 47.4 Å². The predicted octanol–water partition coefficient (Wildman–Crippen LogP) is 2.23. The fraction of sp³-hybridized carbons (Fsp3) is 0.556. The van der Waals surface area contributed by atoms with Gasteiger partial charge in [0.25, 0.3) is 0 Å². The van der Waals surface area contributed by atoms with Crippen LogP contribution in [0.3, 0.4) is 0 Å². The summed E-state index contributed by atoms with van der Waals surface area (Å²) in [6.45, 7) is 4.35. The second kappa shape index (κ2) is 11.8. The van der Waals surface area contributed by atoms with Crippen LogP contribution < -0.4 is 11.1 Å². The fourth-order valence-electron chi connectivity index (χ4n) is 2.31. The van der Waals surface area contributed by atoms with E-state index in [-0.39, 0.29) is 37.0 Å². The smallest absolute Gasteiger partial charge is 0.404 e. The molecular formula is C18H26F2N2O4S. The van der Waals surface area contributed by atoms with Crippen molar-refractivity contribution in [2.45, 2.75) is 38.0 Å². The number of halogens is 2. The molecule has 4 N–H and O–H groups in total. The highest BCUT2D eigenvalue weighted by molar-refractivity contribution is 8.00. The standard InChI is InChI=1S/C18H26F2N2O4S/c1-11(2)10-22-17(24)16(27-6-5-26-18(21)25)15(23)4-3-12-7-13(19)9-14(20)8-12/h7-9,11,15-16,23H,3-6,10H2,1-2H3,(H2,21,25)(H,22,24). The topological polar surface area (TPSA) is 102 Å². The van der Waals surface area contributed by atoms with Crippen LogP contribution in [0.2, 0.25) is 0 Å². The number of aryl methyl sites for hydroxylation is 1. The number of aliphatic hydroxyl groups is 1. The van der Waals surface area contributed by atoms with Gasteiger partial charge in [-0.1, -0.05) is 13.8 Å². The summed E-state index contributed by atoms with van der Waals surface area (Å²) in [6.07, 6.45) is -1.60. The molecule has 1 rings (SSSR count). The number of hydrogen-bond acceptors (Lipinski definition) is 5. The highest BCUT2D eigenvalue weighted by atomic mass is 32.2. The van der Waals surface area contributed by atoms with Crippen LogP contribution >= 0.6 is 11.8 Å². The number of rotatable bonds is 11. The number of aliphatic hydroxyl groups excluding tert-OH is 1. The van der Waals surface area contributed by atoms with Crippen LogP contribution in [0.5, 0.6) is 0 Å². The Balaban J connectivity index is 2.67. The van der Waals surface area contributed by atoms with Crippen LogP contribution in [-0.2, 0) is 16.0 Å². The highest BCUT2D eigenvalue weighted by Crippen LogP contribution is 2.20. The van der Waals surface area contributed by atoms with Crippen LogP contribution in [0, 0.1) is 17.6 Å². The van der Waals surface area contributed by atoms with Crippen molar-refractivity contribution in [2.24, 2.45) is 11.7 Å². The average Bonchev–Trinajstić information content (AvgIpc) is 2.56. The third kappa shape index (κ3) is 9.58. The minimum Gasteiger partial charge on any atom is -0.449 e. The van der Waals surface area contributed by atoms with E-state index in [1.54, 1.807) is 0 Å². The van der Waals surface area contributed by atoms with E-state index in [1.807, 2.05) is 13.8 Å². The molecule has 0 aliphatic carbocycles. The lowest BCUT2D eigenvalue weighted by Crippen LogP contribution is -2.42. The number of nitrogens with one attached hydrogen (secondary N) is 1. The Kier molecular flexibility index (Phi) is 10.1. The first-order chi connectivity index (χ1) is 12.7. The molecule has 6 nitrogen and oxygen atoms in total. The van der Waals surface area contributed by atoms with Gasteiger partial charge in [-0.15, -0.1) is 11.8 Å². The van der Waals surface area contributed by atoms with Crippen molar-refractivity contribution in [3.63, 3.8) is 0 Å². The molecule has 0 saturated carbocycles. The van der Waals surface area contributed by atoms with Gasteiger partial charge in [0.15, 0.2) is 0 Å². The third-order valence-electron chi connectivity index (χ3n) is 3.57. The lowest BCUT2D eigenvalue weighted by Gasteiger charge is -2.22. The van der Waals surface area contributed by atoms with Crippen molar-refractivity contribution in [3.05, 3.63) is 35.4 Å². The molecule has 27 heavy (non-hydrogen) atoms. The minimum absolute atomic E-state index is 0.00971. The Morgan fingerprint density at radius 3 is 2.44 bits per heavy atom. The summed E-state index contributed by atoms with van der Waals surface area (Å²) in [6, 6.07) is 3.16. The zero-order chi connectivity index (χ0) is 20.4. The van der Waals surface area contributed by atoms with Gasteiger partial charge in [0.05, 0.1) is 6.10 Å². The van der Waals surface area contributed by atoms with Gasteiger partial charge in [0, 0.05) is 18.4 Å². The molecule has 0 heterocycles. The van der Waals surface area contributed by atoms with Gasteiger partial charge in [0.2, 0.25) is 5.91 Å². The zero-order valence-corrected chi connectivity index (χ0v) is 16.2. The molecule has 152 valence electrons. The number of benzene rings is 1. The van der Waals surface area contributed by atoms with Crippen molar-refractivity contribution < 1.29 is 28.2 Å². The molecule has 0 aliphatic heterocycles. The van der Waals surface area contributed by atoms with Gasteiger partial charge < -0.3 is 20.9 Å². The predicted molar refractivity (Wildman–Crippen MR) is 100 cm³/mol. The lowest BCUT2D eigenvalue weighted by molar-refractivity contribution is -0.122. The van der Waals surface area contributed by atoms with Crippen molar-refractivity contribution in [3.8, 4) is 0 Å². The largest absolute Gasteiger partial charge is 0.449 e. The van der Waals surface area contributed by atoms with Crippen molar-refractivity contribution in [1.29, 1.82) is 0 Å². The Labute approximate surface area is 161 Å². The molecule has 0 fully saturated rings. The molecule has 0 spiro atoms. The number of carbonyl (C=O) groups excluding carboxylic acids is 2. The summed E-state index contributed by atoms with van der Waals surface area (Å²) in [4.78, 5) is 23.0. The maximum atomic E-state index is 13.3. The number of primary amides is 1. The second-order valence-corrected chi connectivity index (χ2v) is 7.73. The number of amides is 2. The number of carbonyl (C=O) groups is 2. The minimum atomic E-state index is -1.04. The van der Waals surface area contributed by atoms with Crippen LogP contribution in [0.4, 0.5) is 13.6 Å². The van der Waals surface area contributed by atoms with E-state index >= 15 is 0 Å². The quantitative estimate of drug-likeness (QED) is 0.491. The van der Waals surface area contributed by atoms with Crippen LogP contribution in [0.1, 0.15) is 25.8 Å². The summed E-state index contributed by atoms with van der Waals surface area (Å²) in [5, 5.41) is 12.4. The molecule has 1 aromatic rings. The first-order valence-electron chi connectivity index (χ1n) is 8.63. The molecule has 9 heteroatoms.